The molecular weight excluding hydrogens is 256 g/mol. The normalized spacial score (nSPS) is 9.95. The summed E-state index contributed by atoms with van der Waals surface area (Å²) in [7, 11) is 1.74. The SMILES string of the molecule is CNc1ncc(C)c(Oc2ccccc2NC(C)=O)n1. The summed E-state index contributed by atoms with van der Waals surface area (Å²) in [4.78, 5) is 19.5. The lowest BCUT2D eigenvalue weighted by Crippen LogP contribution is -2.07. The van der Waals surface area contributed by atoms with Crippen LogP contribution in [0.2, 0.25) is 0 Å². The molecule has 20 heavy (non-hydrogen) atoms. The monoisotopic (exact) mass is 272 g/mol. The van der Waals surface area contributed by atoms with Gasteiger partial charge in [0, 0.05) is 25.7 Å². The zero-order chi connectivity index (χ0) is 14.5. The van der Waals surface area contributed by atoms with E-state index in [2.05, 4.69) is 20.6 Å². The summed E-state index contributed by atoms with van der Waals surface area (Å²) in [5.41, 5.74) is 1.41. The van der Waals surface area contributed by atoms with Crippen LogP contribution in [0.1, 0.15) is 12.5 Å². The highest BCUT2D eigenvalue weighted by atomic mass is 16.5. The van der Waals surface area contributed by atoms with Crippen LogP contribution < -0.4 is 15.4 Å². The minimum atomic E-state index is -0.156. The average molecular weight is 272 g/mol. The maximum atomic E-state index is 11.2. The Morgan fingerprint density at radius 2 is 2.05 bits per heavy atom. The summed E-state index contributed by atoms with van der Waals surface area (Å²) < 4.78 is 5.78. The minimum absolute atomic E-state index is 0.156. The molecule has 0 aliphatic rings. The standard InChI is InChI=1S/C14H16N4O2/c1-9-8-16-14(15-3)18-13(9)20-12-7-5-4-6-11(12)17-10(2)19/h4-8H,1-3H3,(H,17,19)(H,15,16,18). The molecule has 2 N–H and O–H groups in total. The molecule has 0 saturated carbocycles. The molecule has 0 bridgehead atoms. The van der Waals surface area contributed by atoms with Crippen LogP contribution in [-0.4, -0.2) is 22.9 Å². The number of nitrogens with zero attached hydrogens (tertiary/aromatic N) is 2. The molecule has 0 atom stereocenters. The van der Waals surface area contributed by atoms with Crippen LogP contribution in [0.3, 0.4) is 0 Å². The largest absolute Gasteiger partial charge is 0.436 e. The van der Waals surface area contributed by atoms with Gasteiger partial charge in [-0.2, -0.15) is 4.98 Å². The quantitative estimate of drug-likeness (QED) is 0.894. The lowest BCUT2D eigenvalue weighted by Gasteiger charge is -2.12. The second kappa shape index (κ2) is 6.01. The molecule has 6 nitrogen and oxygen atoms in total. The Morgan fingerprint density at radius 1 is 1.30 bits per heavy atom. The van der Waals surface area contributed by atoms with Crippen LogP contribution in [0.4, 0.5) is 11.6 Å². The number of rotatable bonds is 4. The third-order valence-electron chi connectivity index (χ3n) is 2.55. The second-order valence-electron chi connectivity index (χ2n) is 4.21. The molecule has 0 saturated heterocycles. The van der Waals surface area contributed by atoms with E-state index in [9.17, 15) is 4.79 Å². The van der Waals surface area contributed by atoms with E-state index in [1.54, 1.807) is 25.4 Å². The van der Waals surface area contributed by atoms with Gasteiger partial charge in [-0.3, -0.25) is 4.79 Å². The van der Waals surface area contributed by atoms with Gasteiger partial charge in [0.15, 0.2) is 5.75 Å². The number of aromatic nitrogens is 2. The maximum absolute atomic E-state index is 11.2. The zero-order valence-electron chi connectivity index (χ0n) is 11.6. The fourth-order valence-electron chi connectivity index (χ4n) is 1.60. The van der Waals surface area contributed by atoms with E-state index >= 15 is 0 Å². The van der Waals surface area contributed by atoms with E-state index in [1.165, 1.54) is 6.92 Å². The Bertz CT molecular complexity index is 628. The molecule has 2 rings (SSSR count). The highest BCUT2D eigenvalue weighted by Gasteiger charge is 2.09. The molecule has 1 heterocycles. The van der Waals surface area contributed by atoms with E-state index < -0.39 is 0 Å². The van der Waals surface area contributed by atoms with Crippen molar-refractivity contribution in [3.8, 4) is 11.6 Å². The number of hydrogen-bond donors (Lipinski definition) is 2. The molecule has 1 aromatic carbocycles. The van der Waals surface area contributed by atoms with Crippen molar-refractivity contribution in [2.45, 2.75) is 13.8 Å². The van der Waals surface area contributed by atoms with E-state index in [0.717, 1.165) is 5.56 Å². The molecule has 0 spiro atoms. The van der Waals surface area contributed by atoms with Gasteiger partial charge in [0.05, 0.1) is 5.69 Å². The third kappa shape index (κ3) is 3.23. The fraction of sp³-hybridized carbons (Fsp3) is 0.214. The van der Waals surface area contributed by atoms with Crippen molar-refractivity contribution in [2.24, 2.45) is 0 Å². The molecule has 0 fully saturated rings. The Hall–Kier alpha value is -2.63. The number of benzene rings is 1. The molecule has 0 aliphatic heterocycles. The number of amides is 1. The van der Waals surface area contributed by atoms with Crippen molar-refractivity contribution in [2.75, 3.05) is 17.7 Å². The Kier molecular flexibility index (Phi) is 4.14. The number of hydrogen-bond acceptors (Lipinski definition) is 5. The lowest BCUT2D eigenvalue weighted by atomic mass is 10.3. The Morgan fingerprint density at radius 3 is 2.75 bits per heavy atom. The van der Waals surface area contributed by atoms with Crippen molar-refractivity contribution >= 4 is 17.5 Å². The van der Waals surface area contributed by atoms with Crippen molar-refractivity contribution in [3.63, 3.8) is 0 Å². The summed E-state index contributed by atoms with van der Waals surface area (Å²) in [6.07, 6.45) is 1.68. The maximum Gasteiger partial charge on any atom is 0.227 e. The second-order valence-corrected chi connectivity index (χ2v) is 4.21. The van der Waals surface area contributed by atoms with Crippen molar-refractivity contribution < 1.29 is 9.53 Å². The summed E-state index contributed by atoms with van der Waals surface area (Å²) in [6, 6.07) is 7.19. The van der Waals surface area contributed by atoms with Crippen LogP contribution in [0.15, 0.2) is 30.5 Å². The lowest BCUT2D eigenvalue weighted by molar-refractivity contribution is -0.114. The number of anilines is 2. The number of ether oxygens (including phenoxy) is 1. The van der Waals surface area contributed by atoms with Gasteiger partial charge in [-0.15, -0.1) is 0 Å². The Balaban J connectivity index is 2.32. The highest BCUT2D eigenvalue weighted by molar-refractivity contribution is 5.90. The van der Waals surface area contributed by atoms with Crippen LogP contribution in [0.25, 0.3) is 0 Å². The fourth-order valence-corrected chi connectivity index (χ4v) is 1.60. The molecule has 104 valence electrons. The van der Waals surface area contributed by atoms with Crippen molar-refractivity contribution in [1.29, 1.82) is 0 Å². The van der Waals surface area contributed by atoms with Gasteiger partial charge < -0.3 is 15.4 Å². The molecule has 0 unspecified atom stereocenters. The van der Waals surface area contributed by atoms with Crippen LogP contribution >= 0.6 is 0 Å². The molecule has 2 aromatic rings. The van der Waals surface area contributed by atoms with Gasteiger partial charge in [0.2, 0.25) is 17.7 Å². The molecule has 6 heteroatoms. The molecule has 1 aromatic heterocycles. The molecule has 0 radical (unpaired) electrons. The number of nitrogens with one attached hydrogen (secondary N) is 2. The zero-order valence-corrected chi connectivity index (χ0v) is 11.6. The smallest absolute Gasteiger partial charge is 0.227 e. The summed E-state index contributed by atoms with van der Waals surface area (Å²) in [6.45, 7) is 3.31. The molecule has 0 aliphatic carbocycles. The van der Waals surface area contributed by atoms with Crippen LogP contribution in [-0.2, 0) is 4.79 Å². The van der Waals surface area contributed by atoms with Gasteiger partial charge in [-0.25, -0.2) is 4.98 Å². The van der Waals surface area contributed by atoms with Gasteiger partial charge in [0.25, 0.3) is 0 Å². The first-order chi connectivity index (χ1) is 9.60. The van der Waals surface area contributed by atoms with E-state index in [1.807, 2.05) is 19.1 Å². The minimum Gasteiger partial charge on any atom is -0.436 e. The predicted octanol–water partition coefficient (Wildman–Crippen LogP) is 2.58. The number of carbonyl (C=O) groups is 1. The van der Waals surface area contributed by atoms with Crippen molar-refractivity contribution in [1.82, 2.24) is 9.97 Å². The molecular formula is C14H16N4O2. The van der Waals surface area contributed by atoms with E-state index in [0.29, 0.717) is 23.3 Å². The van der Waals surface area contributed by atoms with Crippen LogP contribution in [0, 0.1) is 6.92 Å². The van der Waals surface area contributed by atoms with Gasteiger partial charge >= 0.3 is 0 Å². The predicted molar refractivity (Wildman–Crippen MR) is 77.1 cm³/mol. The van der Waals surface area contributed by atoms with Gasteiger partial charge in [-0.1, -0.05) is 12.1 Å². The highest BCUT2D eigenvalue weighted by Crippen LogP contribution is 2.30. The van der Waals surface area contributed by atoms with Gasteiger partial charge in [-0.05, 0) is 19.1 Å². The summed E-state index contributed by atoms with van der Waals surface area (Å²) in [5, 5.41) is 5.57. The van der Waals surface area contributed by atoms with E-state index in [4.69, 9.17) is 4.74 Å². The average Bonchev–Trinajstić information content (AvgIpc) is 2.43. The number of para-hydroxylation sites is 2. The summed E-state index contributed by atoms with van der Waals surface area (Å²) in [5.74, 6) is 1.30. The number of aryl methyl sites for hydroxylation is 1. The Labute approximate surface area is 117 Å². The first kappa shape index (κ1) is 13.8. The van der Waals surface area contributed by atoms with Gasteiger partial charge in [0.1, 0.15) is 0 Å². The first-order valence-electron chi connectivity index (χ1n) is 6.16. The summed E-state index contributed by atoms with van der Waals surface area (Å²) >= 11 is 0. The van der Waals surface area contributed by atoms with Crippen LogP contribution in [0.5, 0.6) is 11.6 Å². The van der Waals surface area contributed by atoms with Crippen molar-refractivity contribution in [3.05, 3.63) is 36.0 Å². The first-order valence-corrected chi connectivity index (χ1v) is 6.16. The third-order valence-corrected chi connectivity index (χ3v) is 2.55. The number of carbonyl (C=O) groups excluding carboxylic acids is 1. The van der Waals surface area contributed by atoms with E-state index in [-0.39, 0.29) is 5.91 Å². The molecule has 1 amide bonds. The topological polar surface area (TPSA) is 76.1 Å².